The van der Waals surface area contributed by atoms with Crippen molar-refractivity contribution in [3.8, 4) is 11.4 Å². The van der Waals surface area contributed by atoms with Gasteiger partial charge in [0.15, 0.2) is 5.82 Å². The third-order valence-electron chi connectivity index (χ3n) is 3.90. The van der Waals surface area contributed by atoms with Crippen molar-refractivity contribution < 1.29 is 8.42 Å². The van der Waals surface area contributed by atoms with Gasteiger partial charge in [0.1, 0.15) is 4.90 Å². The third kappa shape index (κ3) is 6.15. The molecule has 1 aromatic carbocycles. The SMILES string of the molecule is Cl.Cl.O=S(=O)(NCCN1CCNCC1)c1cnc(-c2ccccc2)nc1. The first-order chi connectivity index (χ1) is 11.6. The van der Waals surface area contributed by atoms with Crippen LogP contribution in [0.25, 0.3) is 11.4 Å². The van der Waals surface area contributed by atoms with Crippen LogP contribution in [0.3, 0.4) is 0 Å². The van der Waals surface area contributed by atoms with E-state index in [9.17, 15) is 8.42 Å². The molecule has 0 aliphatic carbocycles. The number of nitrogens with zero attached hydrogens (tertiary/aromatic N) is 3. The van der Waals surface area contributed by atoms with Crippen molar-refractivity contribution in [2.45, 2.75) is 4.90 Å². The van der Waals surface area contributed by atoms with E-state index in [2.05, 4.69) is 24.9 Å². The van der Waals surface area contributed by atoms with E-state index in [-0.39, 0.29) is 29.7 Å². The molecule has 1 fully saturated rings. The van der Waals surface area contributed by atoms with E-state index in [1.807, 2.05) is 30.3 Å². The van der Waals surface area contributed by atoms with E-state index < -0.39 is 10.0 Å². The largest absolute Gasteiger partial charge is 0.314 e. The van der Waals surface area contributed by atoms with E-state index in [1.54, 1.807) is 0 Å². The van der Waals surface area contributed by atoms with Crippen LogP contribution in [0, 0.1) is 0 Å². The molecule has 0 unspecified atom stereocenters. The van der Waals surface area contributed by atoms with Crippen LogP contribution in [0.5, 0.6) is 0 Å². The summed E-state index contributed by atoms with van der Waals surface area (Å²) < 4.78 is 27.2. The topological polar surface area (TPSA) is 87.2 Å². The maximum absolute atomic E-state index is 12.3. The van der Waals surface area contributed by atoms with Crippen molar-refractivity contribution in [1.82, 2.24) is 24.9 Å². The maximum Gasteiger partial charge on any atom is 0.243 e. The lowest BCUT2D eigenvalue weighted by atomic mass is 10.2. The summed E-state index contributed by atoms with van der Waals surface area (Å²) in [6.45, 7) is 4.85. The van der Waals surface area contributed by atoms with Crippen molar-refractivity contribution in [2.75, 3.05) is 39.3 Å². The van der Waals surface area contributed by atoms with Gasteiger partial charge in [-0.05, 0) is 0 Å². The standard InChI is InChI=1S/C16H21N5O2S.2ClH/c22-24(23,20-8-11-21-9-6-17-7-10-21)15-12-18-16(19-13-15)14-4-2-1-3-5-14;;/h1-5,12-13,17,20H,6-11H2;2*1H. The predicted molar refractivity (Wildman–Crippen MR) is 106 cm³/mol. The molecule has 1 saturated heterocycles. The van der Waals surface area contributed by atoms with Crippen LogP contribution in [-0.2, 0) is 10.0 Å². The Labute approximate surface area is 166 Å². The first-order valence-corrected chi connectivity index (χ1v) is 9.44. The van der Waals surface area contributed by atoms with Crippen molar-refractivity contribution in [2.24, 2.45) is 0 Å². The number of rotatable bonds is 6. The van der Waals surface area contributed by atoms with Crippen LogP contribution < -0.4 is 10.0 Å². The van der Waals surface area contributed by atoms with Gasteiger partial charge in [-0.2, -0.15) is 0 Å². The quantitative estimate of drug-likeness (QED) is 0.730. The Hall–Kier alpha value is -1.29. The first kappa shape index (κ1) is 22.8. The Kier molecular flexibility index (Phi) is 9.42. The van der Waals surface area contributed by atoms with E-state index >= 15 is 0 Å². The third-order valence-corrected chi connectivity index (χ3v) is 5.32. The van der Waals surface area contributed by atoms with Gasteiger partial charge >= 0.3 is 0 Å². The van der Waals surface area contributed by atoms with Crippen molar-refractivity contribution in [1.29, 1.82) is 0 Å². The molecule has 2 N–H and O–H groups in total. The fourth-order valence-corrected chi connectivity index (χ4v) is 3.46. The summed E-state index contributed by atoms with van der Waals surface area (Å²) in [5, 5.41) is 3.27. The molecule has 1 aliphatic heterocycles. The van der Waals surface area contributed by atoms with Crippen LogP contribution >= 0.6 is 24.8 Å². The molecule has 1 aromatic heterocycles. The van der Waals surface area contributed by atoms with Crippen molar-refractivity contribution >= 4 is 34.8 Å². The molecule has 1 aliphatic rings. The number of piperazine rings is 1. The van der Waals surface area contributed by atoms with Crippen LogP contribution in [0.1, 0.15) is 0 Å². The normalized spacial score (nSPS) is 14.9. The molecule has 144 valence electrons. The minimum Gasteiger partial charge on any atom is -0.314 e. The molecule has 2 heterocycles. The summed E-state index contributed by atoms with van der Waals surface area (Å²) >= 11 is 0. The summed E-state index contributed by atoms with van der Waals surface area (Å²) in [5.74, 6) is 0.510. The fraction of sp³-hybridized carbons (Fsp3) is 0.375. The average molecular weight is 420 g/mol. The molecule has 0 bridgehead atoms. The minimum atomic E-state index is -3.58. The van der Waals surface area contributed by atoms with E-state index in [4.69, 9.17) is 0 Å². The highest BCUT2D eigenvalue weighted by molar-refractivity contribution is 7.89. The molecule has 0 radical (unpaired) electrons. The second-order valence-electron chi connectivity index (χ2n) is 5.60. The summed E-state index contributed by atoms with van der Waals surface area (Å²) in [5.41, 5.74) is 0.855. The van der Waals surface area contributed by atoms with Gasteiger partial charge in [0.2, 0.25) is 10.0 Å². The number of aromatic nitrogens is 2. The Balaban J connectivity index is 0.00000169. The number of sulfonamides is 1. The molecular formula is C16H23Cl2N5O2S. The zero-order valence-electron chi connectivity index (χ0n) is 14.2. The van der Waals surface area contributed by atoms with E-state index in [1.165, 1.54) is 12.4 Å². The van der Waals surface area contributed by atoms with Crippen molar-refractivity contribution in [3.05, 3.63) is 42.7 Å². The maximum atomic E-state index is 12.3. The highest BCUT2D eigenvalue weighted by atomic mass is 35.5. The summed E-state index contributed by atoms with van der Waals surface area (Å²) in [4.78, 5) is 10.6. The zero-order valence-corrected chi connectivity index (χ0v) is 16.6. The molecule has 0 saturated carbocycles. The number of halogens is 2. The number of hydrogen-bond acceptors (Lipinski definition) is 6. The number of benzene rings is 1. The summed E-state index contributed by atoms with van der Waals surface area (Å²) in [6.07, 6.45) is 2.70. The second-order valence-corrected chi connectivity index (χ2v) is 7.36. The van der Waals surface area contributed by atoms with Gasteiger partial charge in [-0.15, -0.1) is 24.8 Å². The monoisotopic (exact) mass is 419 g/mol. The highest BCUT2D eigenvalue weighted by Crippen LogP contribution is 2.14. The molecular weight excluding hydrogens is 397 g/mol. The zero-order chi connectivity index (χ0) is 16.8. The van der Waals surface area contributed by atoms with Gasteiger partial charge < -0.3 is 5.32 Å². The van der Waals surface area contributed by atoms with Crippen LogP contribution in [-0.4, -0.2) is 62.6 Å². The van der Waals surface area contributed by atoms with Gasteiger partial charge in [0, 0.05) is 44.8 Å². The lowest BCUT2D eigenvalue weighted by molar-refractivity contribution is 0.245. The molecule has 0 amide bonds. The Bertz CT molecular complexity index is 754. The van der Waals surface area contributed by atoms with Gasteiger partial charge in [0.25, 0.3) is 0 Å². The van der Waals surface area contributed by atoms with E-state index in [0.29, 0.717) is 18.9 Å². The molecule has 0 atom stereocenters. The molecule has 0 spiro atoms. The van der Waals surface area contributed by atoms with Gasteiger partial charge in [-0.25, -0.2) is 23.1 Å². The minimum absolute atomic E-state index is 0. The van der Waals surface area contributed by atoms with Crippen molar-refractivity contribution in [3.63, 3.8) is 0 Å². The molecule has 2 aromatic rings. The Morgan fingerprint density at radius 2 is 1.65 bits per heavy atom. The average Bonchev–Trinajstić information content (AvgIpc) is 2.63. The van der Waals surface area contributed by atoms with Crippen LogP contribution in [0.4, 0.5) is 0 Å². The lowest BCUT2D eigenvalue weighted by Crippen LogP contribution is -2.46. The molecule has 10 heteroatoms. The first-order valence-electron chi connectivity index (χ1n) is 7.95. The van der Waals surface area contributed by atoms with Crippen LogP contribution in [0.2, 0.25) is 0 Å². The Morgan fingerprint density at radius 1 is 1.04 bits per heavy atom. The fourth-order valence-electron chi connectivity index (χ4n) is 2.55. The number of nitrogens with one attached hydrogen (secondary N) is 2. The summed E-state index contributed by atoms with van der Waals surface area (Å²) in [7, 11) is -3.58. The highest BCUT2D eigenvalue weighted by Gasteiger charge is 2.16. The predicted octanol–water partition coefficient (Wildman–Crippen LogP) is 1.17. The smallest absolute Gasteiger partial charge is 0.243 e. The molecule has 26 heavy (non-hydrogen) atoms. The van der Waals surface area contributed by atoms with Gasteiger partial charge in [-0.1, -0.05) is 30.3 Å². The Morgan fingerprint density at radius 3 is 2.27 bits per heavy atom. The summed E-state index contributed by atoms with van der Waals surface area (Å²) in [6, 6.07) is 9.46. The van der Waals surface area contributed by atoms with Crippen LogP contribution in [0.15, 0.2) is 47.6 Å². The second kappa shape index (κ2) is 10.8. The molecule has 7 nitrogen and oxygen atoms in total. The number of hydrogen-bond donors (Lipinski definition) is 2. The molecule has 3 rings (SSSR count). The van der Waals surface area contributed by atoms with E-state index in [0.717, 1.165) is 31.7 Å². The van der Waals surface area contributed by atoms with Gasteiger partial charge in [0.05, 0.1) is 12.4 Å². The lowest BCUT2D eigenvalue weighted by Gasteiger charge is -2.27. The van der Waals surface area contributed by atoms with Gasteiger partial charge in [-0.3, -0.25) is 4.90 Å².